The summed E-state index contributed by atoms with van der Waals surface area (Å²) in [6.45, 7) is 7.96. The van der Waals surface area contributed by atoms with Crippen LogP contribution in [0.25, 0.3) is 0 Å². The third kappa shape index (κ3) is 8.32. The first kappa shape index (κ1) is 17.5. The number of rotatable bonds is 11. The van der Waals surface area contributed by atoms with Crippen LogP contribution in [0, 0.1) is 5.92 Å². The van der Waals surface area contributed by atoms with Crippen LogP contribution in [0.4, 0.5) is 0 Å². The number of carboxylic acids is 1. The zero-order valence-corrected chi connectivity index (χ0v) is 12.8. The van der Waals surface area contributed by atoms with Crippen LogP contribution in [0.5, 0.6) is 5.75 Å². The molecule has 0 unspecified atom stereocenters. The fourth-order valence-electron chi connectivity index (χ4n) is 1.63. The largest absolute Gasteiger partial charge is 0.492 e. The Hall–Kier alpha value is -1.59. The maximum absolute atomic E-state index is 10.7. The molecule has 0 spiro atoms. The number of hydrogen-bond donors (Lipinski definition) is 2. The molecule has 118 valence electrons. The van der Waals surface area contributed by atoms with E-state index in [9.17, 15) is 4.79 Å². The molecule has 0 fully saturated rings. The van der Waals surface area contributed by atoms with Crippen LogP contribution >= 0.6 is 0 Å². The first-order valence-corrected chi connectivity index (χ1v) is 7.34. The quantitative estimate of drug-likeness (QED) is 0.614. The maximum atomic E-state index is 10.7. The van der Waals surface area contributed by atoms with Gasteiger partial charge in [0.2, 0.25) is 0 Å². The molecule has 0 atom stereocenters. The van der Waals surface area contributed by atoms with Gasteiger partial charge >= 0.3 is 5.97 Å². The molecule has 2 N–H and O–H groups in total. The summed E-state index contributed by atoms with van der Waals surface area (Å²) in [6, 6.07) is 6.40. The van der Waals surface area contributed by atoms with E-state index in [1.807, 2.05) is 0 Å². The van der Waals surface area contributed by atoms with E-state index in [-0.39, 0.29) is 5.56 Å². The zero-order valence-electron chi connectivity index (χ0n) is 12.8. The minimum atomic E-state index is -0.930. The molecular weight excluding hydrogens is 270 g/mol. The summed E-state index contributed by atoms with van der Waals surface area (Å²) < 4.78 is 11.0. The number of nitrogens with one attached hydrogen (secondary N) is 1. The van der Waals surface area contributed by atoms with Crippen LogP contribution in [0.15, 0.2) is 24.3 Å². The molecule has 1 aromatic carbocycles. The Morgan fingerprint density at radius 2 is 1.81 bits per heavy atom. The summed E-state index contributed by atoms with van der Waals surface area (Å²) in [6.07, 6.45) is 1.09. The average Bonchev–Trinajstić information content (AvgIpc) is 2.45. The summed E-state index contributed by atoms with van der Waals surface area (Å²) in [7, 11) is 0. The smallest absolute Gasteiger partial charge is 0.335 e. The van der Waals surface area contributed by atoms with Gasteiger partial charge in [-0.25, -0.2) is 4.79 Å². The van der Waals surface area contributed by atoms with Crippen molar-refractivity contribution in [2.45, 2.75) is 20.3 Å². The van der Waals surface area contributed by atoms with Gasteiger partial charge in [0, 0.05) is 19.7 Å². The van der Waals surface area contributed by atoms with Crippen LogP contribution in [0.3, 0.4) is 0 Å². The van der Waals surface area contributed by atoms with E-state index in [2.05, 4.69) is 19.2 Å². The lowest BCUT2D eigenvalue weighted by atomic mass is 10.1. The van der Waals surface area contributed by atoms with Gasteiger partial charge < -0.3 is 19.9 Å². The third-order valence-corrected chi connectivity index (χ3v) is 2.91. The third-order valence-electron chi connectivity index (χ3n) is 2.91. The highest BCUT2D eigenvalue weighted by Crippen LogP contribution is 2.11. The second kappa shape index (κ2) is 10.2. The lowest BCUT2D eigenvalue weighted by molar-refractivity contribution is 0.0697. The van der Waals surface area contributed by atoms with Gasteiger partial charge in [0.25, 0.3) is 0 Å². The topological polar surface area (TPSA) is 67.8 Å². The van der Waals surface area contributed by atoms with E-state index in [1.165, 1.54) is 12.1 Å². The first-order valence-electron chi connectivity index (χ1n) is 7.34. The molecule has 5 nitrogen and oxygen atoms in total. The minimum absolute atomic E-state index is 0.263. The van der Waals surface area contributed by atoms with Gasteiger partial charge in [0.15, 0.2) is 0 Å². The number of benzene rings is 1. The Balaban J connectivity index is 2.00. The lowest BCUT2D eigenvalue weighted by Crippen LogP contribution is -2.25. The highest BCUT2D eigenvalue weighted by molar-refractivity contribution is 5.87. The second-order valence-electron chi connectivity index (χ2n) is 5.22. The molecule has 0 saturated heterocycles. The predicted octanol–water partition coefficient (Wildman–Crippen LogP) is 2.42. The van der Waals surface area contributed by atoms with Crippen molar-refractivity contribution in [1.82, 2.24) is 5.32 Å². The molecule has 1 aromatic rings. The van der Waals surface area contributed by atoms with Crippen LogP contribution in [-0.4, -0.2) is 44.0 Å². The molecule has 0 amide bonds. The second-order valence-corrected chi connectivity index (χ2v) is 5.22. The normalized spacial score (nSPS) is 10.8. The van der Waals surface area contributed by atoms with Crippen LogP contribution in [0.1, 0.15) is 30.6 Å². The maximum Gasteiger partial charge on any atom is 0.335 e. The Morgan fingerprint density at radius 3 is 2.43 bits per heavy atom. The Labute approximate surface area is 126 Å². The molecule has 0 bridgehead atoms. The number of aromatic carboxylic acids is 1. The van der Waals surface area contributed by atoms with Gasteiger partial charge in [-0.3, -0.25) is 0 Å². The van der Waals surface area contributed by atoms with E-state index >= 15 is 0 Å². The van der Waals surface area contributed by atoms with Crippen molar-refractivity contribution in [2.75, 3.05) is 32.9 Å². The zero-order chi connectivity index (χ0) is 15.5. The van der Waals surface area contributed by atoms with Gasteiger partial charge in [0.05, 0.1) is 12.2 Å². The van der Waals surface area contributed by atoms with Crippen molar-refractivity contribution in [3.05, 3.63) is 29.8 Å². The van der Waals surface area contributed by atoms with E-state index in [1.54, 1.807) is 12.1 Å². The molecule has 5 heteroatoms. The molecule has 0 aliphatic rings. The number of carboxylic acid groups (broad SMARTS) is 1. The highest BCUT2D eigenvalue weighted by Gasteiger charge is 2.01. The van der Waals surface area contributed by atoms with E-state index in [0.29, 0.717) is 24.9 Å². The van der Waals surface area contributed by atoms with Crippen molar-refractivity contribution < 1.29 is 19.4 Å². The van der Waals surface area contributed by atoms with Crippen LogP contribution in [0.2, 0.25) is 0 Å². The molecule has 0 radical (unpaired) electrons. The standard InChI is InChI=1S/C16H25NO4/c1-13(2)7-10-20-11-8-17-9-12-21-15-5-3-14(4-6-15)16(18)19/h3-6,13,17H,7-12H2,1-2H3,(H,18,19). The molecule has 0 aliphatic heterocycles. The van der Waals surface area contributed by atoms with Crippen molar-refractivity contribution in [3.63, 3.8) is 0 Å². The Morgan fingerprint density at radius 1 is 1.14 bits per heavy atom. The van der Waals surface area contributed by atoms with Gasteiger partial charge in [-0.05, 0) is 36.6 Å². The average molecular weight is 295 g/mol. The summed E-state index contributed by atoms with van der Waals surface area (Å²) in [5, 5.41) is 12.0. The van der Waals surface area contributed by atoms with E-state index in [0.717, 1.165) is 26.1 Å². The highest BCUT2D eigenvalue weighted by atomic mass is 16.5. The fourth-order valence-corrected chi connectivity index (χ4v) is 1.63. The summed E-state index contributed by atoms with van der Waals surface area (Å²) >= 11 is 0. The number of carbonyl (C=O) groups is 1. The molecular formula is C16H25NO4. The van der Waals surface area contributed by atoms with E-state index < -0.39 is 5.97 Å². The van der Waals surface area contributed by atoms with Gasteiger partial charge in [-0.1, -0.05) is 13.8 Å². The Kier molecular flexibility index (Phi) is 8.47. The summed E-state index contributed by atoms with van der Waals surface area (Å²) in [5.74, 6) is 0.426. The van der Waals surface area contributed by atoms with Crippen molar-refractivity contribution in [1.29, 1.82) is 0 Å². The van der Waals surface area contributed by atoms with Crippen LogP contribution in [-0.2, 0) is 4.74 Å². The van der Waals surface area contributed by atoms with Gasteiger partial charge in [-0.2, -0.15) is 0 Å². The number of hydrogen-bond acceptors (Lipinski definition) is 4. The molecule has 21 heavy (non-hydrogen) atoms. The monoisotopic (exact) mass is 295 g/mol. The van der Waals surface area contributed by atoms with Gasteiger partial charge in [0.1, 0.15) is 12.4 Å². The predicted molar refractivity (Wildman–Crippen MR) is 82.0 cm³/mol. The van der Waals surface area contributed by atoms with E-state index in [4.69, 9.17) is 14.6 Å². The van der Waals surface area contributed by atoms with Crippen LogP contribution < -0.4 is 10.1 Å². The fraction of sp³-hybridized carbons (Fsp3) is 0.562. The molecule has 0 aliphatic carbocycles. The summed E-state index contributed by atoms with van der Waals surface area (Å²) in [4.78, 5) is 10.7. The Bertz CT molecular complexity index is 403. The molecule has 1 rings (SSSR count). The summed E-state index contributed by atoms with van der Waals surface area (Å²) in [5.41, 5.74) is 0.263. The van der Waals surface area contributed by atoms with Crippen molar-refractivity contribution >= 4 is 5.97 Å². The van der Waals surface area contributed by atoms with Crippen molar-refractivity contribution in [2.24, 2.45) is 5.92 Å². The molecule has 0 saturated carbocycles. The first-order chi connectivity index (χ1) is 10.1. The molecule has 0 aromatic heterocycles. The van der Waals surface area contributed by atoms with Crippen molar-refractivity contribution in [3.8, 4) is 5.75 Å². The number of ether oxygens (including phenoxy) is 2. The van der Waals surface area contributed by atoms with Gasteiger partial charge in [-0.15, -0.1) is 0 Å². The molecule has 0 heterocycles. The minimum Gasteiger partial charge on any atom is -0.492 e. The SMILES string of the molecule is CC(C)CCOCCNCCOc1ccc(C(=O)O)cc1. The lowest BCUT2D eigenvalue weighted by Gasteiger charge is -2.09.